The third-order valence-corrected chi connectivity index (χ3v) is 4.21. The van der Waals surface area contributed by atoms with Crippen LogP contribution in [0, 0.1) is 5.92 Å². The van der Waals surface area contributed by atoms with Gasteiger partial charge in [-0.1, -0.05) is 26.0 Å². The lowest BCUT2D eigenvalue weighted by molar-refractivity contribution is -0.137. The van der Waals surface area contributed by atoms with E-state index < -0.39 is 11.7 Å². The average Bonchev–Trinajstić information content (AvgIpc) is 2.48. The van der Waals surface area contributed by atoms with Crippen LogP contribution in [-0.2, 0) is 6.18 Å². The first-order valence-electron chi connectivity index (χ1n) is 8.00. The molecule has 0 radical (unpaired) electrons. The van der Waals surface area contributed by atoms with Crippen molar-refractivity contribution in [2.24, 2.45) is 5.92 Å². The molecule has 0 aromatic heterocycles. The van der Waals surface area contributed by atoms with E-state index in [0.717, 1.165) is 50.7 Å². The van der Waals surface area contributed by atoms with Crippen molar-refractivity contribution in [1.82, 2.24) is 10.2 Å². The van der Waals surface area contributed by atoms with Crippen LogP contribution in [0.2, 0.25) is 0 Å². The van der Waals surface area contributed by atoms with Crippen LogP contribution in [0.15, 0.2) is 24.3 Å². The zero-order valence-electron chi connectivity index (χ0n) is 13.3. The van der Waals surface area contributed by atoms with E-state index >= 15 is 0 Å². The lowest BCUT2D eigenvalue weighted by atomic mass is 9.94. The highest BCUT2D eigenvalue weighted by atomic mass is 19.4. The minimum Gasteiger partial charge on any atom is -0.314 e. The number of piperazine rings is 1. The van der Waals surface area contributed by atoms with Crippen molar-refractivity contribution >= 4 is 0 Å². The van der Waals surface area contributed by atoms with Crippen LogP contribution >= 0.6 is 0 Å². The Morgan fingerprint density at radius 1 is 1.14 bits per heavy atom. The molecule has 1 heterocycles. The summed E-state index contributed by atoms with van der Waals surface area (Å²) in [6, 6.07) is 5.92. The van der Waals surface area contributed by atoms with E-state index in [1.807, 2.05) is 6.07 Å². The summed E-state index contributed by atoms with van der Waals surface area (Å²) in [6.07, 6.45) is -2.36. The van der Waals surface area contributed by atoms with Crippen molar-refractivity contribution in [3.05, 3.63) is 35.4 Å². The minimum absolute atomic E-state index is 0.0757. The zero-order valence-corrected chi connectivity index (χ0v) is 13.3. The number of nitrogens with zero attached hydrogens (tertiary/aromatic N) is 1. The van der Waals surface area contributed by atoms with Gasteiger partial charge in [-0.25, -0.2) is 0 Å². The van der Waals surface area contributed by atoms with E-state index in [0.29, 0.717) is 5.92 Å². The maximum Gasteiger partial charge on any atom is 0.416 e. The van der Waals surface area contributed by atoms with Crippen LogP contribution in [0.1, 0.15) is 43.9 Å². The van der Waals surface area contributed by atoms with E-state index in [1.54, 1.807) is 0 Å². The van der Waals surface area contributed by atoms with Crippen molar-refractivity contribution in [2.75, 3.05) is 26.2 Å². The van der Waals surface area contributed by atoms with Gasteiger partial charge in [0.15, 0.2) is 0 Å². The summed E-state index contributed by atoms with van der Waals surface area (Å²) in [6.45, 7) is 7.88. The van der Waals surface area contributed by atoms with Crippen molar-refractivity contribution < 1.29 is 13.2 Å². The van der Waals surface area contributed by atoms with Crippen LogP contribution in [0.4, 0.5) is 13.2 Å². The molecule has 1 aromatic rings. The summed E-state index contributed by atoms with van der Waals surface area (Å²) in [5, 5.41) is 3.30. The lowest BCUT2D eigenvalue weighted by Crippen LogP contribution is -2.45. The summed E-state index contributed by atoms with van der Waals surface area (Å²) >= 11 is 0. The van der Waals surface area contributed by atoms with Gasteiger partial charge in [-0.3, -0.25) is 4.90 Å². The van der Waals surface area contributed by atoms with Gasteiger partial charge in [-0.15, -0.1) is 0 Å². The van der Waals surface area contributed by atoms with Gasteiger partial charge in [0.2, 0.25) is 0 Å². The molecule has 1 N–H and O–H groups in total. The third-order valence-electron chi connectivity index (χ3n) is 4.21. The Morgan fingerprint density at radius 3 is 2.41 bits per heavy atom. The number of benzene rings is 1. The summed E-state index contributed by atoms with van der Waals surface area (Å²) in [4.78, 5) is 2.31. The van der Waals surface area contributed by atoms with Gasteiger partial charge in [-0.2, -0.15) is 13.2 Å². The molecule has 1 fully saturated rings. The van der Waals surface area contributed by atoms with Crippen LogP contribution in [0.3, 0.4) is 0 Å². The van der Waals surface area contributed by atoms with E-state index in [9.17, 15) is 13.2 Å². The molecule has 124 valence electrons. The second-order valence-corrected chi connectivity index (χ2v) is 6.40. The molecule has 1 aliphatic rings. The molecule has 0 aliphatic carbocycles. The second kappa shape index (κ2) is 7.47. The summed E-state index contributed by atoms with van der Waals surface area (Å²) in [5.74, 6) is 0.552. The Kier molecular flexibility index (Phi) is 5.87. The van der Waals surface area contributed by atoms with E-state index in [1.165, 1.54) is 12.1 Å². The molecule has 0 amide bonds. The maximum absolute atomic E-state index is 13.0. The van der Waals surface area contributed by atoms with E-state index in [-0.39, 0.29) is 6.04 Å². The highest BCUT2D eigenvalue weighted by Gasteiger charge is 2.31. The molecule has 5 heteroatoms. The highest BCUT2D eigenvalue weighted by Crippen LogP contribution is 2.34. The molecular formula is C17H25F3N2. The van der Waals surface area contributed by atoms with Crippen molar-refractivity contribution in [3.63, 3.8) is 0 Å². The zero-order chi connectivity index (χ0) is 16.2. The number of nitrogens with one attached hydrogen (secondary N) is 1. The van der Waals surface area contributed by atoms with Gasteiger partial charge in [0.1, 0.15) is 0 Å². The van der Waals surface area contributed by atoms with Gasteiger partial charge in [0, 0.05) is 32.2 Å². The Labute approximate surface area is 130 Å². The quantitative estimate of drug-likeness (QED) is 0.880. The summed E-state index contributed by atoms with van der Waals surface area (Å²) in [5.41, 5.74) is 0.243. The van der Waals surface area contributed by atoms with Crippen LogP contribution in [-0.4, -0.2) is 31.1 Å². The van der Waals surface area contributed by atoms with Crippen molar-refractivity contribution in [3.8, 4) is 0 Å². The molecular weight excluding hydrogens is 289 g/mol. The standard InChI is InChI=1S/C17H25F3N2/c1-13(2)6-7-16(22-10-8-21-9-11-22)14-4-3-5-15(12-14)17(18,19)20/h3-5,12-13,16,21H,6-11H2,1-2H3/t16-/m0/s1. The molecule has 22 heavy (non-hydrogen) atoms. The lowest BCUT2D eigenvalue weighted by Gasteiger charge is -2.36. The Bertz CT molecular complexity index is 465. The monoisotopic (exact) mass is 314 g/mol. The highest BCUT2D eigenvalue weighted by molar-refractivity contribution is 5.28. The molecule has 0 spiro atoms. The van der Waals surface area contributed by atoms with Crippen LogP contribution in [0.25, 0.3) is 0 Å². The average molecular weight is 314 g/mol. The second-order valence-electron chi connectivity index (χ2n) is 6.40. The largest absolute Gasteiger partial charge is 0.416 e. The molecule has 2 rings (SSSR count). The number of hydrogen-bond donors (Lipinski definition) is 1. The Balaban J connectivity index is 2.23. The van der Waals surface area contributed by atoms with E-state index in [4.69, 9.17) is 0 Å². The van der Waals surface area contributed by atoms with Gasteiger partial charge in [-0.05, 0) is 36.5 Å². The molecule has 1 aliphatic heterocycles. The number of hydrogen-bond acceptors (Lipinski definition) is 2. The number of rotatable bonds is 5. The van der Waals surface area contributed by atoms with Gasteiger partial charge >= 0.3 is 6.18 Å². The SMILES string of the molecule is CC(C)CC[C@@H](c1cccc(C(F)(F)F)c1)N1CCNCC1. The molecule has 1 aromatic carbocycles. The summed E-state index contributed by atoms with van der Waals surface area (Å²) < 4.78 is 38.9. The fraction of sp³-hybridized carbons (Fsp3) is 0.647. The van der Waals surface area contributed by atoms with Gasteiger partial charge in [0.05, 0.1) is 5.56 Å². The normalized spacial score (nSPS) is 18.6. The van der Waals surface area contributed by atoms with Crippen LogP contribution < -0.4 is 5.32 Å². The molecule has 0 saturated carbocycles. The maximum atomic E-state index is 13.0. The minimum atomic E-state index is -4.28. The fourth-order valence-corrected chi connectivity index (χ4v) is 2.97. The topological polar surface area (TPSA) is 15.3 Å². The van der Waals surface area contributed by atoms with E-state index in [2.05, 4.69) is 24.1 Å². The van der Waals surface area contributed by atoms with Gasteiger partial charge in [0.25, 0.3) is 0 Å². The molecule has 2 nitrogen and oxygen atoms in total. The smallest absolute Gasteiger partial charge is 0.314 e. The fourth-order valence-electron chi connectivity index (χ4n) is 2.97. The predicted molar refractivity (Wildman–Crippen MR) is 82.7 cm³/mol. The first-order chi connectivity index (χ1) is 10.4. The predicted octanol–water partition coefficient (Wildman–Crippen LogP) is 4.09. The third kappa shape index (κ3) is 4.71. The summed E-state index contributed by atoms with van der Waals surface area (Å²) in [7, 11) is 0. The number of halogens is 3. The van der Waals surface area contributed by atoms with Crippen molar-refractivity contribution in [1.29, 1.82) is 0 Å². The molecule has 1 saturated heterocycles. The van der Waals surface area contributed by atoms with Crippen LogP contribution in [0.5, 0.6) is 0 Å². The Morgan fingerprint density at radius 2 is 1.82 bits per heavy atom. The first kappa shape index (κ1) is 17.3. The molecule has 0 bridgehead atoms. The molecule has 0 unspecified atom stereocenters. The van der Waals surface area contributed by atoms with Gasteiger partial charge < -0.3 is 5.32 Å². The Hall–Kier alpha value is -1.07. The first-order valence-corrected chi connectivity index (χ1v) is 8.00. The number of alkyl halides is 3. The molecule has 1 atom stereocenters. The van der Waals surface area contributed by atoms with Crippen molar-refractivity contribution in [2.45, 2.75) is 38.9 Å².